The third kappa shape index (κ3) is 16.5. The third-order valence-electron chi connectivity index (χ3n) is 25.6. The highest BCUT2D eigenvalue weighted by Crippen LogP contribution is 2.58. The molecule has 0 bridgehead atoms. The molecule has 51 heteroatoms. The van der Waals surface area contributed by atoms with E-state index in [0.717, 1.165) is 52.9 Å². The van der Waals surface area contributed by atoms with Crippen LogP contribution in [0.1, 0.15) is 127 Å². The molecule has 720 valence electrons. The van der Waals surface area contributed by atoms with Crippen LogP contribution in [-0.4, -0.2) is 178 Å². The van der Waals surface area contributed by atoms with Gasteiger partial charge in [0.1, 0.15) is 69.1 Å². The zero-order chi connectivity index (χ0) is 97.6. The van der Waals surface area contributed by atoms with Gasteiger partial charge in [-0.2, -0.15) is 9.37 Å². The summed E-state index contributed by atoms with van der Waals surface area (Å²) in [5.74, 6) is -4.56. The van der Waals surface area contributed by atoms with Gasteiger partial charge in [0.25, 0.3) is 27.8 Å². The number of nitrogens with two attached hydrogens (primary N) is 1. The number of phosphoric ester groups is 3. The molecule has 138 heavy (non-hydrogen) atoms. The Hall–Kier alpha value is -12.9. The van der Waals surface area contributed by atoms with Crippen LogP contribution in [0.2, 0.25) is 0 Å². The van der Waals surface area contributed by atoms with Gasteiger partial charge in [0.15, 0.2) is 6.23 Å². The van der Waals surface area contributed by atoms with Crippen LogP contribution in [0.3, 0.4) is 0 Å². The quantitative estimate of drug-likeness (QED) is 0.0280. The van der Waals surface area contributed by atoms with Gasteiger partial charge in [-0.15, -0.1) is 0 Å². The number of aliphatic hydroxyl groups is 4. The molecular formula is C87H82FN14O33P3. The minimum absolute atomic E-state index is 0.0403. The molecular weight excluding hydrogens is 1880 g/mol. The van der Waals surface area contributed by atoms with Crippen LogP contribution in [0.15, 0.2) is 166 Å². The van der Waals surface area contributed by atoms with Crippen molar-refractivity contribution in [3.05, 3.63) is 273 Å². The highest BCUT2D eigenvalue weighted by Gasteiger charge is 2.58. The van der Waals surface area contributed by atoms with Crippen molar-refractivity contribution >= 4 is 80.0 Å². The number of aryl methyl sites for hydroxylation is 1. The summed E-state index contributed by atoms with van der Waals surface area (Å²) in [7, 11) is -15.4. The van der Waals surface area contributed by atoms with Crippen LogP contribution in [0, 0.1) is 12.7 Å². The van der Waals surface area contributed by atoms with Crippen molar-refractivity contribution in [2.75, 3.05) is 25.6 Å². The molecule has 3 unspecified atom stereocenters. The van der Waals surface area contributed by atoms with Crippen molar-refractivity contribution < 1.29 is 123 Å². The first kappa shape index (κ1) is 94.1. The lowest BCUT2D eigenvalue weighted by Crippen LogP contribution is -2.46. The van der Waals surface area contributed by atoms with Gasteiger partial charge in [0.05, 0.1) is 125 Å². The number of esters is 3. The van der Waals surface area contributed by atoms with E-state index in [9.17, 15) is 106 Å². The molecule has 0 amide bonds. The van der Waals surface area contributed by atoms with E-state index in [1.54, 1.807) is 30.1 Å². The summed E-state index contributed by atoms with van der Waals surface area (Å²) in [6.07, 6.45) is -11.6. The van der Waals surface area contributed by atoms with Gasteiger partial charge in [-0.3, -0.25) is 74.8 Å². The van der Waals surface area contributed by atoms with Crippen molar-refractivity contribution in [3.63, 3.8) is 0 Å². The number of nitrogen functional groups attached to an aromatic ring is 1. The number of phosphoric acid groups is 3. The molecule has 3 saturated heterocycles. The fourth-order valence-electron chi connectivity index (χ4n) is 18.5. The number of hydrogen-bond donors (Lipinski definition) is 10. The van der Waals surface area contributed by atoms with Gasteiger partial charge in [0, 0.05) is 74.1 Å². The molecule has 0 radical (unpaired) electrons. The average molecular weight is 1960 g/mol. The van der Waals surface area contributed by atoms with Crippen LogP contribution in [-0.2, 0) is 140 Å². The number of benzene rings is 3. The molecule has 0 saturated carbocycles. The summed E-state index contributed by atoms with van der Waals surface area (Å²) in [6, 6.07) is 32.9. The molecule has 9 aromatic heterocycles. The maximum absolute atomic E-state index is 13.8. The van der Waals surface area contributed by atoms with Crippen LogP contribution < -0.4 is 50.6 Å². The number of fused-ring (bicyclic) bond motifs is 15. The Morgan fingerprint density at radius 1 is 0.478 bits per heavy atom. The molecule has 12 aromatic rings. The number of nitrogens with zero attached hydrogens (tertiary/aromatic N) is 11. The predicted molar refractivity (Wildman–Crippen MR) is 471 cm³/mol. The molecule has 47 nitrogen and oxygen atoms in total. The number of pyridine rings is 6. The summed E-state index contributed by atoms with van der Waals surface area (Å²) >= 11 is 0. The van der Waals surface area contributed by atoms with Crippen LogP contribution >= 0.6 is 23.5 Å². The first-order valence-corrected chi connectivity index (χ1v) is 47.5. The molecule has 9 aliphatic heterocycles. The molecule has 0 spiro atoms. The number of H-pyrrole nitrogens is 2. The summed E-state index contributed by atoms with van der Waals surface area (Å²) in [6.45, 7) is 3.45. The van der Waals surface area contributed by atoms with Crippen LogP contribution in [0.5, 0.6) is 0 Å². The van der Waals surface area contributed by atoms with E-state index in [2.05, 4.69) is 15.0 Å². The first-order chi connectivity index (χ1) is 65.7. The lowest BCUT2D eigenvalue weighted by atomic mass is 9.86. The highest BCUT2D eigenvalue weighted by atomic mass is 31.2. The Bertz CT molecular complexity index is 7540. The number of ether oxygens (including phenoxy) is 6. The number of aliphatic hydroxyl groups excluding tert-OH is 4. The van der Waals surface area contributed by atoms with Gasteiger partial charge in [0.2, 0.25) is 28.6 Å². The number of para-hydroxylation sites is 3. The van der Waals surface area contributed by atoms with Crippen molar-refractivity contribution in [3.8, 4) is 34.2 Å². The Labute approximate surface area is 771 Å². The molecule has 3 aromatic carbocycles. The minimum Gasteiger partial charge on any atom is -0.458 e. The number of nitrogens with one attached hydrogen (secondary N) is 2. The minimum atomic E-state index is -5.18. The smallest absolute Gasteiger partial charge is 0.458 e. The van der Waals surface area contributed by atoms with Crippen molar-refractivity contribution in [2.45, 2.75) is 177 Å². The van der Waals surface area contributed by atoms with E-state index < -0.39 is 190 Å². The van der Waals surface area contributed by atoms with E-state index in [-0.39, 0.29) is 116 Å². The number of aromatic amines is 2. The van der Waals surface area contributed by atoms with E-state index in [1.807, 2.05) is 91.0 Å². The second kappa shape index (κ2) is 35.5. The Morgan fingerprint density at radius 3 is 1.22 bits per heavy atom. The number of anilines is 1. The van der Waals surface area contributed by atoms with Gasteiger partial charge in [-0.1, -0.05) is 75.4 Å². The fourth-order valence-corrected chi connectivity index (χ4v) is 21.8. The number of carbonyl (C=O) groups excluding carboxylic acids is 3. The fraction of sp³-hybridized carbons (Fsp3) is 0.356. The Balaban J connectivity index is 0.000000132. The summed E-state index contributed by atoms with van der Waals surface area (Å²) in [4.78, 5) is 199. The van der Waals surface area contributed by atoms with Gasteiger partial charge >= 0.3 is 58.4 Å². The number of cyclic esters (lactones) is 3. The van der Waals surface area contributed by atoms with Gasteiger partial charge < -0.3 is 83.0 Å². The number of halogens is 1. The molecule has 16 atom stereocenters. The molecule has 11 N–H and O–H groups in total. The van der Waals surface area contributed by atoms with E-state index >= 15 is 0 Å². The summed E-state index contributed by atoms with van der Waals surface area (Å²) in [5, 5.41) is 44.7. The summed E-state index contributed by atoms with van der Waals surface area (Å²) < 4.78 is 126. The predicted octanol–water partition coefficient (Wildman–Crippen LogP) is 3.36. The number of aromatic nitrogens is 13. The van der Waals surface area contributed by atoms with Gasteiger partial charge in [-0.25, -0.2) is 62.4 Å². The second-order valence-electron chi connectivity index (χ2n) is 33.8. The zero-order valence-electron chi connectivity index (χ0n) is 72.8. The second-order valence-corrected chi connectivity index (χ2v) is 37.9. The maximum Gasteiger partial charge on any atom is 0.473 e. The first-order valence-electron chi connectivity index (χ1n) is 43.0. The van der Waals surface area contributed by atoms with Crippen molar-refractivity contribution in [1.82, 2.24) is 62.3 Å². The monoisotopic (exact) mass is 1960 g/mol. The Morgan fingerprint density at radius 2 is 0.841 bits per heavy atom. The third-order valence-corrected chi connectivity index (χ3v) is 28.7. The maximum atomic E-state index is 13.8. The lowest BCUT2D eigenvalue weighted by Gasteiger charge is -2.36. The van der Waals surface area contributed by atoms with Crippen molar-refractivity contribution in [1.29, 1.82) is 0 Å². The van der Waals surface area contributed by atoms with Crippen LogP contribution in [0.25, 0.3) is 66.9 Å². The largest absolute Gasteiger partial charge is 0.473 e. The standard InChI is InChI=1S/C30H29N4O11P.C29H26FN4O11P.C28H27N6O11P/c1-3-30(45-46(40,41)43-14-23-22(35)10-24(44-23)34-11-15(2)26(36)32-29(34)39)19-9-21-25-17(8-16-6-4-5-7-20(16)31-25)12-33(21)27(37)18(19)13-42-28(30)38;1-2-29(45-46(40,41)43-13-22-21(35)9-23(44-22)34-11-18(30)25(36)32-28(34)39)17-8-20-24-15(7-14-5-3-4-6-19(14)31-24)10-33(20)26(37)16(17)12-42-27(29)38;1-2-28(45-46(40,41)43-11-19-21(35)22(36)24(44-19)34-12-30-26(29)32-27(34)39)16-8-18-20-14(7-13-5-3-4-6-17(13)31-20)9-33(18)23(37)15(16)10-42-25(28)38/h4-9,11,22-24,35H,3,10,12-14H2,1-2H3,(H,40,41)(H,32,36,39);3-8,11,21-23,35H,2,9-10,12-13H2,1H3,(H,40,41)(H,32,36,39);3-8,12,19,21-22,24,35-36H,2,9-11H2,1H3,(H,40,41)(H2,29,32,39)/t22-,23+,24+,30-;21-,22+,23+,29-;19-,21-,22-,24-,28+/m001/s1. The number of rotatable bonds is 21. The van der Waals surface area contributed by atoms with Gasteiger partial charge in [-0.05, 0) is 80.8 Å². The van der Waals surface area contributed by atoms with Crippen LogP contribution in [0.4, 0.5) is 10.3 Å². The van der Waals surface area contributed by atoms with E-state index in [1.165, 1.54) is 40.7 Å². The molecule has 0 aliphatic carbocycles. The number of carbonyl (C=O) groups is 3. The van der Waals surface area contributed by atoms with E-state index in [4.69, 9.17) is 76.2 Å². The molecule has 18 heterocycles. The summed E-state index contributed by atoms with van der Waals surface area (Å²) in [5.41, 5.74) is 0.860. The Kier molecular flexibility index (Phi) is 24.2. The zero-order valence-corrected chi connectivity index (χ0v) is 75.4. The van der Waals surface area contributed by atoms with E-state index in [0.29, 0.717) is 56.9 Å². The topological polar surface area (TPSA) is 643 Å². The molecule has 3 fully saturated rings. The normalized spacial score (nSPS) is 25.2. The molecule has 21 rings (SSSR count). The SMILES string of the molecule is CC[C@@]1(OP(=O)(O)OC[C@H]2O[C@@H](n3cc(C)c(=O)[nH]c3=O)C[C@@H]2O)C(=O)OCc2c1cc1n(c2=O)Cc2cc3ccccc3nc2-1.CC[C@@]1(OP(=O)(O)OC[C@H]2O[C@@H](n3cc(F)c(=O)[nH]c3=O)C[C@@H]2O)C(=O)OCc2c1cc1n(c2=O)Cc2cc3ccccc3nc2-1.CC[C@@]1(OP(=O)(O)OC[C@H]2O[C@@H](n3cnc(N)nc3=O)[C@H](O)[C@@H]2O)C(=O)OCc2c1cc1n(c2=O)Cc2cc3ccccc3nc2-1. The average Bonchev–Trinajstić information content (AvgIpc) is 1.49. The highest BCUT2D eigenvalue weighted by molar-refractivity contribution is 7.48. The molecule has 9 aliphatic rings. The lowest BCUT2D eigenvalue weighted by molar-refractivity contribution is -0.171. The number of hydrogen-bond acceptors (Lipinski definition) is 36. The van der Waals surface area contributed by atoms with Crippen molar-refractivity contribution in [2.24, 2.45) is 0 Å².